The van der Waals surface area contributed by atoms with E-state index in [-0.39, 0.29) is 19.1 Å². The van der Waals surface area contributed by atoms with Crippen LogP contribution in [0.3, 0.4) is 0 Å². The van der Waals surface area contributed by atoms with Gasteiger partial charge in [0.2, 0.25) is 0 Å². The Kier molecular flexibility index (Phi) is 6.01. The quantitative estimate of drug-likeness (QED) is 0.805. The summed E-state index contributed by atoms with van der Waals surface area (Å²) in [5.74, 6) is 0.359. The highest BCUT2D eigenvalue weighted by Gasteiger charge is 2.15. The average Bonchev–Trinajstić information content (AvgIpc) is 2.34. The zero-order chi connectivity index (χ0) is 15.0. The summed E-state index contributed by atoms with van der Waals surface area (Å²) in [5, 5.41) is 11.5. The molecule has 20 heavy (non-hydrogen) atoms. The van der Waals surface area contributed by atoms with Gasteiger partial charge >= 0.3 is 5.97 Å². The molecule has 0 aliphatic rings. The zero-order valence-corrected chi connectivity index (χ0v) is 12.1. The normalized spacial score (nSPS) is 10.7. The molecule has 0 bridgehead atoms. The second-order valence-corrected chi connectivity index (χ2v) is 5.28. The van der Waals surface area contributed by atoms with E-state index in [9.17, 15) is 4.79 Å². The van der Waals surface area contributed by atoms with Crippen molar-refractivity contribution >= 4 is 5.97 Å². The van der Waals surface area contributed by atoms with Gasteiger partial charge < -0.3 is 14.8 Å². The van der Waals surface area contributed by atoms with Gasteiger partial charge in [-0.25, -0.2) is 0 Å². The third-order valence-corrected chi connectivity index (χ3v) is 2.22. The molecule has 0 saturated carbocycles. The van der Waals surface area contributed by atoms with Crippen molar-refractivity contribution in [1.29, 1.82) is 5.26 Å². The van der Waals surface area contributed by atoms with Gasteiger partial charge in [-0.1, -0.05) is 12.1 Å². The van der Waals surface area contributed by atoms with Crippen molar-refractivity contribution in [2.45, 2.75) is 32.9 Å². The van der Waals surface area contributed by atoms with Gasteiger partial charge in [0.15, 0.2) is 6.61 Å². The van der Waals surface area contributed by atoms with E-state index in [0.717, 1.165) is 5.56 Å². The summed E-state index contributed by atoms with van der Waals surface area (Å²) in [5.41, 5.74) is 0.507. The number of nitrogens with zero attached hydrogens (tertiary/aromatic N) is 1. The van der Waals surface area contributed by atoms with Crippen LogP contribution in [0.2, 0.25) is 0 Å². The van der Waals surface area contributed by atoms with Gasteiger partial charge in [0.25, 0.3) is 0 Å². The summed E-state index contributed by atoms with van der Waals surface area (Å²) < 4.78 is 10.4. The van der Waals surface area contributed by atoms with Crippen molar-refractivity contribution in [2.75, 3.05) is 13.2 Å². The number of hydrogen-bond acceptors (Lipinski definition) is 5. The molecule has 5 nitrogen and oxygen atoms in total. The Morgan fingerprint density at radius 1 is 1.40 bits per heavy atom. The van der Waals surface area contributed by atoms with E-state index in [4.69, 9.17) is 14.7 Å². The van der Waals surface area contributed by atoms with Crippen molar-refractivity contribution in [2.24, 2.45) is 0 Å². The van der Waals surface area contributed by atoms with Crippen LogP contribution >= 0.6 is 0 Å². The third-order valence-electron chi connectivity index (χ3n) is 2.22. The second kappa shape index (κ2) is 7.51. The van der Waals surface area contributed by atoms with Crippen LogP contribution in [0.4, 0.5) is 0 Å². The summed E-state index contributed by atoms with van der Waals surface area (Å²) in [6.45, 7) is 6.21. The molecular weight excluding hydrogens is 256 g/mol. The molecule has 0 radical (unpaired) electrons. The Morgan fingerprint density at radius 2 is 2.15 bits per heavy atom. The third kappa shape index (κ3) is 6.76. The molecule has 1 aromatic carbocycles. The predicted molar refractivity (Wildman–Crippen MR) is 75.1 cm³/mol. The number of nitrogens with one attached hydrogen (secondary N) is 1. The Morgan fingerprint density at radius 3 is 2.80 bits per heavy atom. The van der Waals surface area contributed by atoms with Crippen molar-refractivity contribution in [1.82, 2.24) is 5.32 Å². The number of benzene rings is 1. The molecule has 0 atom stereocenters. The van der Waals surface area contributed by atoms with E-state index >= 15 is 0 Å². The van der Waals surface area contributed by atoms with Crippen molar-refractivity contribution < 1.29 is 14.3 Å². The Labute approximate surface area is 119 Å². The van der Waals surface area contributed by atoms with Gasteiger partial charge in [-0.3, -0.25) is 4.79 Å². The standard InChI is InChI=1S/C15H20N2O3/c1-15(2,3)20-14(18)11-17-10-12-5-4-6-13(9-12)19-8-7-16/h4-6,9,17H,8,10-11H2,1-3H3. The minimum absolute atomic E-state index is 0.0226. The minimum Gasteiger partial charge on any atom is -0.479 e. The summed E-state index contributed by atoms with van der Waals surface area (Å²) in [6, 6.07) is 9.30. The lowest BCUT2D eigenvalue weighted by Gasteiger charge is -2.19. The first-order valence-corrected chi connectivity index (χ1v) is 6.42. The van der Waals surface area contributed by atoms with Crippen molar-refractivity contribution in [3.63, 3.8) is 0 Å². The van der Waals surface area contributed by atoms with Gasteiger partial charge in [-0.2, -0.15) is 5.26 Å². The van der Waals surface area contributed by atoms with E-state index < -0.39 is 5.60 Å². The SMILES string of the molecule is CC(C)(C)OC(=O)CNCc1cccc(OCC#N)c1. The van der Waals surface area contributed by atoms with Crippen LogP contribution in [0.25, 0.3) is 0 Å². The molecule has 0 saturated heterocycles. The average molecular weight is 276 g/mol. The highest BCUT2D eigenvalue weighted by molar-refractivity contribution is 5.72. The first-order valence-electron chi connectivity index (χ1n) is 6.42. The fourth-order valence-electron chi connectivity index (χ4n) is 1.55. The van der Waals surface area contributed by atoms with Crippen LogP contribution < -0.4 is 10.1 Å². The Hall–Kier alpha value is -2.06. The summed E-state index contributed by atoms with van der Waals surface area (Å²) in [4.78, 5) is 11.5. The monoisotopic (exact) mass is 276 g/mol. The van der Waals surface area contributed by atoms with Gasteiger partial charge in [0.05, 0.1) is 6.54 Å². The van der Waals surface area contributed by atoms with Crippen molar-refractivity contribution in [3.05, 3.63) is 29.8 Å². The maximum atomic E-state index is 11.5. The van der Waals surface area contributed by atoms with Crippen LogP contribution in [0.1, 0.15) is 26.3 Å². The lowest BCUT2D eigenvalue weighted by atomic mass is 10.2. The molecule has 1 aromatic rings. The van der Waals surface area contributed by atoms with E-state index in [1.54, 1.807) is 6.07 Å². The number of esters is 1. The van der Waals surface area contributed by atoms with Gasteiger partial charge in [-0.15, -0.1) is 0 Å². The summed E-state index contributed by atoms with van der Waals surface area (Å²) in [6.07, 6.45) is 0. The predicted octanol–water partition coefficient (Wildman–Crippen LogP) is 2.02. The van der Waals surface area contributed by atoms with Crippen LogP contribution in [0, 0.1) is 11.3 Å². The fourth-order valence-corrected chi connectivity index (χ4v) is 1.55. The molecule has 0 aromatic heterocycles. The molecule has 108 valence electrons. The van der Waals surface area contributed by atoms with E-state index in [1.165, 1.54) is 0 Å². The number of rotatable bonds is 6. The van der Waals surface area contributed by atoms with E-state index in [0.29, 0.717) is 12.3 Å². The maximum Gasteiger partial charge on any atom is 0.320 e. The highest BCUT2D eigenvalue weighted by atomic mass is 16.6. The van der Waals surface area contributed by atoms with Crippen LogP contribution in [0.5, 0.6) is 5.75 Å². The number of nitriles is 1. The molecule has 0 heterocycles. The number of carbonyl (C=O) groups excluding carboxylic acids is 1. The summed E-state index contributed by atoms with van der Waals surface area (Å²) in [7, 11) is 0. The Balaban J connectivity index is 2.38. The minimum atomic E-state index is -0.468. The van der Waals surface area contributed by atoms with Crippen LogP contribution in [-0.4, -0.2) is 24.7 Å². The number of hydrogen-bond donors (Lipinski definition) is 1. The van der Waals surface area contributed by atoms with Crippen molar-refractivity contribution in [3.8, 4) is 11.8 Å². The summed E-state index contributed by atoms with van der Waals surface area (Å²) >= 11 is 0. The largest absolute Gasteiger partial charge is 0.479 e. The van der Waals surface area contributed by atoms with Crippen LogP contribution in [-0.2, 0) is 16.1 Å². The van der Waals surface area contributed by atoms with Crippen LogP contribution in [0.15, 0.2) is 24.3 Å². The topological polar surface area (TPSA) is 71.3 Å². The lowest BCUT2D eigenvalue weighted by Crippen LogP contribution is -2.31. The molecule has 0 unspecified atom stereocenters. The van der Waals surface area contributed by atoms with Gasteiger partial charge in [0, 0.05) is 6.54 Å². The molecule has 5 heteroatoms. The molecule has 1 N–H and O–H groups in total. The number of carbonyl (C=O) groups is 1. The lowest BCUT2D eigenvalue weighted by molar-refractivity contribution is -0.153. The molecule has 0 aliphatic heterocycles. The van der Waals surface area contributed by atoms with Gasteiger partial charge in [-0.05, 0) is 38.5 Å². The molecular formula is C15H20N2O3. The Bertz CT molecular complexity index is 487. The smallest absolute Gasteiger partial charge is 0.320 e. The second-order valence-electron chi connectivity index (χ2n) is 5.28. The zero-order valence-electron chi connectivity index (χ0n) is 12.1. The maximum absolute atomic E-state index is 11.5. The fraction of sp³-hybridized carbons (Fsp3) is 0.467. The first-order chi connectivity index (χ1) is 9.40. The molecule has 1 rings (SSSR count). The van der Waals surface area contributed by atoms with Gasteiger partial charge in [0.1, 0.15) is 17.4 Å². The molecule has 0 amide bonds. The number of ether oxygens (including phenoxy) is 2. The van der Waals surface area contributed by atoms with E-state index in [1.807, 2.05) is 45.0 Å². The molecule has 0 aliphatic carbocycles. The molecule has 0 spiro atoms. The molecule has 0 fully saturated rings. The highest BCUT2D eigenvalue weighted by Crippen LogP contribution is 2.13. The first kappa shape index (κ1) is 16.0. The van der Waals surface area contributed by atoms with E-state index in [2.05, 4.69) is 5.32 Å².